The summed E-state index contributed by atoms with van der Waals surface area (Å²) in [5.74, 6) is 5.68. The van der Waals surface area contributed by atoms with Crippen LogP contribution in [0.2, 0.25) is 0 Å². The fraction of sp³-hybridized carbons (Fsp3) is 0.250. The average Bonchev–Trinajstić information content (AvgIpc) is 2.86. The quantitative estimate of drug-likeness (QED) is 0.877. The maximum absolute atomic E-state index is 12.8. The molecule has 0 amide bonds. The zero-order valence-electron chi connectivity index (χ0n) is 11.4. The summed E-state index contributed by atoms with van der Waals surface area (Å²) in [7, 11) is 2.05. The molecule has 1 aromatic carbocycles. The van der Waals surface area contributed by atoms with Gasteiger partial charge in [0.25, 0.3) is 0 Å². The Bertz CT molecular complexity index is 607. The van der Waals surface area contributed by atoms with E-state index in [1.54, 1.807) is 11.3 Å². The predicted octanol–water partition coefficient (Wildman–Crippen LogP) is 2.83. The van der Waals surface area contributed by atoms with Crippen LogP contribution in [0, 0.1) is 17.7 Å². The van der Waals surface area contributed by atoms with Gasteiger partial charge in [-0.05, 0) is 30.8 Å². The van der Waals surface area contributed by atoms with Crippen LogP contribution in [0.3, 0.4) is 0 Å². The van der Waals surface area contributed by atoms with E-state index < -0.39 is 0 Å². The number of benzene rings is 1. The molecule has 2 N–H and O–H groups in total. The lowest BCUT2D eigenvalue weighted by atomic mass is 10.2. The van der Waals surface area contributed by atoms with Gasteiger partial charge in [-0.25, -0.2) is 4.39 Å². The average molecular weight is 288 g/mol. The lowest BCUT2D eigenvalue weighted by Crippen LogP contribution is -2.16. The molecule has 104 valence electrons. The van der Waals surface area contributed by atoms with Crippen molar-refractivity contribution in [2.75, 3.05) is 13.6 Å². The highest BCUT2D eigenvalue weighted by Gasteiger charge is 2.04. The first-order valence-electron chi connectivity index (χ1n) is 6.36. The van der Waals surface area contributed by atoms with Gasteiger partial charge >= 0.3 is 0 Å². The molecule has 4 heteroatoms. The maximum atomic E-state index is 12.8. The van der Waals surface area contributed by atoms with Gasteiger partial charge in [0.2, 0.25) is 0 Å². The summed E-state index contributed by atoms with van der Waals surface area (Å²) in [6.45, 7) is 2.03. The minimum Gasteiger partial charge on any atom is -0.320 e. The molecule has 1 aromatic heterocycles. The summed E-state index contributed by atoms with van der Waals surface area (Å²) in [6.07, 6.45) is 0. The van der Waals surface area contributed by atoms with Crippen LogP contribution < -0.4 is 5.73 Å². The molecule has 0 saturated carbocycles. The standard InChI is InChI=1S/C16H17FN2S/c1-19(10-13-4-6-15(17)7-5-13)11-16-9-14(12-20-16)3-2-8-18/h4-7,9,12H,8,10-11,18H2,1H3. The molecular weight excluding hydrogens is 271 g/mol. The van der Waals surface area contributed by atoms with E-state index >= 15 is 0 Å². The van der Waals surface area contributed by atoms with Gasteiger partial charge in [-0.1, -0.05) is 24.0 Å². The smallest absolute Gasteiger partial charge is 0.123 e. The lowest BCUT2D eigenvalue weighted by Gasteiger charge is -2.15. The summed E-state index contributed by atoms with van der Waals surface area (Å²) < 4.78 is 12.8. The van der Waals surface area contributed by atoms with E-state index in [0.29, 0.717) is 6.54 Å². The second-order valence-electron chi connectivity index (χ2n) is 4.61. The van der Waals surface area contributed by atoms with Crippen molar-refractivity contribution in [2.45, 2.75) is 13.1 Å². The van der Waals surface area contributed by atoms with Crippen LogP contribution in [-0.4, -0.2) is 18.5 Å². The zero-order chi connectivity index (χ0) is 14.4. The van der Waals surface area contributed by atoms with Crippen molar-refractivity contribution in [3.05, 3.63) is 57.5 Å². The van der Waals surface area contributed by atoms with Gasteiger partial charge in [-0.3, -0.25) is 4.90 Å². The van der Waals surface area contributed by atoms with Gasteiger partial charge in [-0.2, -0.15) is 0 Å². The molecule has 0 bridgehead atoms. The number of halogens is 1. The lowest BCUT2D eigenvalue weighted by molar-refractivity contribution is 0.322. The molecule has 0 aliphatic rings. The highest BCUT2D eigenvalue weighted by Crippen LogP contribution is 2.17. The Balaban J connectivity index is 1.92. The molecule has 0 atom stereocenters. The van der Waals surface area contributed by atoms with E-state index in [1.165, 1.54) is 17.0 Å². The van der Waals surface area contributed by atoms with Gasteiger partial charge in [-0.15, -0.1) is 11.3 Å². The van der Waals surface area contributed by atoms with Crippen LogP contribution in [0.1, 0.15) is 16.0 Å². The van der Waals surface area contributed by atoms with Crippen molar-refractivity contribution in [3.63, 3.8) is 0 Å². The van der Waals surface area contributed by atoms with Gasteiger partial charge < -0.3 is 5.73 Å². The molecule has 0 spiro atoms. The second kappa shape index (κ2) is 7.20. The summed E-state index contributed by atoms with van der Waals surface area (Å²) >= 11 is 1.70. The van der Waals surface area contributed by atoms with E-state index in [-0.39, 0.29) is 5.82 Å². The summed E-state index contributed by atoms with van der Waals surface area (Å²) in [6, 6.07) is 8.72. The Hall–Kier alpha value is -1.67. The Morgan fingerprint density at radius 1 is 1.25 bits per heavy atom. The number of nitrogens with two attached hydrogens (primary N) is 1. The maximum Gasteiger partial charge on any atom is 0.123 e. The molecule has 0 aliphatic carbocycles. The first-order valence-corrected chi connectivity index (χ1v) is 7.24. The molecule has 0 radical (unpaired) electrons. The van der Waals surface area contributed by atoms with Crippen LogP contribution in [0.15, 0.2) is 35.7 Å². The third-order valence-corrected chi connectivity index (χ3v) is 3.70. The summed E-state index contributed by atoms with van der Waals surface area (Å²) in [4.78, 5) is 3.45. The van der Waals surface area contributed by atoms with E-state index in [1.807, 2.05) is 24.6 Å². The van der Waals surface area contributed by atoms with E-state index in [0.717, 1.165) is 24.2 Å². The SMILES string of the molecule is CN(Cc1ccc(F)cc1)Cc1cc(C#CCN)cs1. The van der Waals surface area contributed by atoms with Crippen molar-refractivity contribution in [1.29, 1.82) is 0 Å². The van der Waals surface area contributed by atoms with Crippen molar-refractivity contribution in [1.82, 2.24) is 4.90 Å². The number of hydrogen-bond acceptors (Lipinski definition) is 3. The van der Waals surface area contributed by atoms with Crippen LogP contribution in [0.5, 0.6) is 0 Å². The van der Waals surface area contributed by atoms with E-state index in [2.05, 4.69) is 22.8 Å². The minimum atomic E-state index is -0.197. The van der Waals surface area contributed by atoms with Gasteiger partial charge in [0, 0.05) is 28.9 Å². The predicted molar refractivity (Wildman–Crippen MR) is 81.8 cm³/mol. The van der Waals surface area contributed by atoms with Crippen LogP contribution >= 0.6 is 11.3 Å². The van der Waals surface area contributed by atoms with E-state index in [4.69, 9.17) is 5.73 Å². The number of nitrogens with zero attached hydrogens (tertiary/aromatic N) is 1. The first kappa shape index (κ1) is 14.7. The molecule has 2 rings (SSSR count). The Morgan fingerprint density at radius 2 is 2.00 bits per heavy atom. The third kappa shape index (κ3) is 4.46. The van der Waals surface area contributed by atoms with Gasteiger partial charge in [0.05, 0.1) is 6.54 Å². The normalized spacial score (nSPS) is 10.4. The molecule has 2 nitrogen and oxygen atoms in total. The Labute approximate surface area is 123 Å². The number of thiophene rings is 1. The van der Waals surface area contributed by atoms with Crippen molar-refractivity contribution < 1.29 is 4.39 Å². The molecule has 0 fully saturated rings. The summed E-state index contributed by atoms with van der Waals surface area (Å²) in [5, 5.41) is 2.05. The highest BCUT2D eigenvalue weighted by atomic mass is 32.1. The van der Waals surface area contributed by atoms with Crippen molar-refractivity contribution in [3.8, 4) is 11.8 Å². The fourth-order valence-corrected chi connectivity index (χ4v) is 2.80. The molecule has 0 unspecified atom stereocenters. The Kier molecular flexibility index (Phi) is 5.31. The molecule has 20 heavy (non-hydrogen) atoms. The fourth-order valence-electron chi connectivity index (χ4n) is 1.91. The molecule has 0 aliphatic heterocycles. The number of hydrogen-bond donors (Lipinski definition) is 1. The third-order valence-electron chi connectivity index (χ3n) is 2.78. The monoisotopic (exact) mass is 288 g/mol. The van der Waals surface area contributed by atoms with Gasteiger partial charge in [0.1, 0.15) is 5.82 Å². The number of rotatable bonds is 4. The van der Waals surface area contributed by atoms with E-state index in [9.17, 15) is 4.39 Å². The molecule has 1 heterocycles. The Morgan fingerprint density at radius 3 is 2.70 bits per heavy atom. The van der Waals surface area contributed by atoms with Crippen molar-refractivity contribution >= 4 is 11.3 Å². The van der Waals surface area contributed by atoms with Crippen LogP contribution in [0.25, 0.3) is 0 Å². The van der Waals surface area contributed by atoms with Gasteiger partial charge in [0.15, 0.2) is 0 Å². The summed E-state index contributed by atoms with van der Waals surface area (Å²) in [5.41, 5.74) is 7.48. The van der Waals surface area contributed by atoms with Crippen LogP contribution in [-0.2, 0) is 13.1 Å². The first-order chi connectivity index (χ1) is 9.67. The minimum absolute atomic E-state index is 0.197. The molecule has 2 aromatic rings. The topological polar surface area (TPSA) is 29.3 Å². The van der Waals surface area contributed by atoms with Crippen molar-refractivity contribution in [2.24, 2.45) is 5.73 Å². The zero-order valence-corrected chi connectivity index (χ0v) is 12.2. The van der Waals surface area contributed by atoms with Crippen LogP contribution in [0.4, 0.5) is 4.39 Å². The molecule has 0 saturated heterocycles. The highest BCUT2D eigenvalue weighted by molar-refractivity contribution is 7.10. The second-order valence-corrected chi connectivity index (χ2v) is 5.60. The largest absolute Gasteiger partial charge is 0.320 e. The molecular formula is C16H17FN2S.